The van der Waals surface area contributed by atoms with Gasteiger partial charge >= 0.3 is 0 Å². The number of imidazole rings is 2. The van der Waals surface area contributed by atoms with Crippen molar-refractivity contribution in [2.75, 3.05) is 5.73 Å². The first-order chi connectivity index (χ1) is 8.09. The topological polar surface area (TPSA) is 74.3 Å². The molecular formula is C11H13N5O. The second kappa shape index (κ2) is 3.13. The van der Waals surface area contributed by atoms with Gasteiger partial charge in [0.1, 0.15) is 11.4 Å². The molecule has 0 bridgehead atoms. The molecule has 17 heavy (non-hydrogen) atoms. The molecule has 0 unspecified atom stereocenters. The Balaban J connectivity index is 2.33. The number of fused-ring (bicyclic) bond motifs is 1. The van der Waals surface area contributed by atoms with Crippen molar-refractivity contribution < 1.29 is 4.52 Å². The number of nitrogens with two attached hydrogens (primary N) is 1. The highest BCUT2D eigenvalue weighted by Crippen LogP contribution is 2.27. The van der Waals surface area contributed by atoms with Gasteiger partial charge in [0.05, 0.1) is 11.9 Å². The van der Waals surface area contributed by atoms with Crippen LogP contribution < -0.4 is 5.73 Å². The van der Waals surface area contributed by atoms with E-state index in [1.54, 1.807) is 0 Å². The minimum absolute atomic E-state index is 0.531. The van der Waals surface area contributed by atoms with E-state index in [1.165, 1.54) is 6.20 Å². The van der Waals surface area contributed by atoms with Crippen LogP contribution in [0, 0.1) is 13.8 Å². The molecule has 0 aliphatic rings. The lowest BCUT2D eigenvalue weighted by Crippen LogP contribution is -1.94. The molecule has 0 amide bonds. The average Bonchev–Trinajstić information content (AvgIpc) is 2.91. The molecule has 88 valence electrons. The molecule has 0 aliphatic carbocycles. The summed E-state index contributed by atoms with van der Waals surface area (Å²) in [5, 5.41) is 3.69. The maximum absolute atomic E-state index is 5.80. The Hall–Kier alpha value is -2.24. The Morgan fingerprint density at radius 1 is 1.35 bits per heavy atom. The molecule has 6 heteroatoms. The van der Waals surface area contributed by atoms with E-state index >= 15 is 0 Å². The van der Waals surface area contributed by atoms with Crippen LogP contribution in [-0.2, 0) is 7.05 Å². The van der Waals surface area contributed by atoms with Gasteiger partial charge in [-0.05, 0) is 13.8 Å². The molecule has 0 radical (unpaired) electrons. The number of rotatable bonds is 1. The van der Waals surface area contributed by atoms with Gasteiger partial charge in [-0.25, -0.2) is 4.98 Å². The second-order valence-electron chi connectivity index (χ2n) is 4.14. The van der Waals surface area contributed by atoms with Crippen molar-refractivity contribution in [3.05, 3.63) is 23.8 Å². The summed E-state index contributed by atoms with van der Waals surface area (Å²) in [6, 6.07) is 0. The number of aryl methyl sites for hydroxylation is 3. The summed E-state index contributed by atoms with van der Waals surface area (Å²) in [5.41, 5.74) is 9.33. The molecule has 6 nitrogen and oxygen atoms in total. The fourth-order valence-corrected chi connectivity index (χ4v) is 1.97. The Morgan fingerprint density at radius 2 is 2.12 bits per heavy atom. The van der Waals surface area contributed by atoms with Crippen molar-refractivity contribution in [3.63, 3.8) is 0 Å². The van der Waals surface area contributed by atoms with Crippen molar-refractivity contribution in [2.45, 2.75) is 13.8 Å². The van der Waals surface area contributed by atoms with E-state index in [-0.39, 0.29) is 0 Å². The molecule has 2 N–H and O–H groups in total. The molecule has 0 saturated carbocycles. The van der Waals surface area contributed by atoms with Crippen LogP contribution in [0.25, 0.3) is 17.2 Å². The lowest BCUT2D eigenvalue weighted by molar-refractivity contribution is 0.430. The van der Waals surface area contributed by atoms with Gasteiger partial charge in [0.15, 0.2) is 0 Å². The van der Waals surface area contributed by atoms with Crippen molar-refractivity contribution in [1.82, 2.24) is 19.1 Å². The zero-order valence-corrected chi connectivity index (χ0v) is 9.93. The van der Waals surface area contributed by atoms with Crippen LogP contribution in [0.5, 0.6) is 0 Å². The summed E-state index contributed by atoms with van der Waals surface area (Å²) in [7, 11) is 1.93. The standard InChI is InChI=1S/C11H13N5O/c1-6-7(2)16-5-9(15(3)11(16)14-6)10-8(12)4-13-17-10/h4-5H,12H2,1-3H3. The molecule has 0 saturated heterocycles. The number of hydrogen-bond donors (Lipinski definition) is 1. The molecule has 0 aromatic carbocycles. The number of hydrogen-bond acceptors (Lipinski definition) is 4. The van der Waals surface area contributed by atoms with E-state index in [0.29, 0.717) is 11.4 Å². The summed E-state index contributed by atoms with van der Waals surface area (Å²) in [4.78, 5) is 4.50. The van der Waals surface area contributed by atoms with Crippen molar-refractivity contribution in [3.8, 4) is 11.5 Å². The van der Waals surface area contributed by atoms with E-state index in [1.807, 2.05) is 36.1 Å². The van der Waals surface area contributed by atoms with E-state index in [2.05, 4.69) is 10.1 Å². The predicted octanol–water partition coefficient (Wildman–Crippen LogP) is 1.53. The van der Waals surface area contributed by atoms with Gasteiger partial charge in [-0.15, -0.1) is 0 Å². The van der Waals surface area contributed by atoms with Crippen LogP contribution in [0.15, 0.2) is 16.9 Å². The number of nitrogens with zero attached hydrogens (tertiary/aromatic N) is 4. The van der Waals surface area contributed by atoms with Gasteiger partial charge in [0, 0.05) is 18.9 Å². The average molecular weight is 231 g/mol. The summed E-state index contributed by atoms with van der Waals surface area (Å²) in [5.74, 6) is 1.45. The van der Waals surface area contributed by atoms with Crippen LogP contribution in [0.1, 0.15) is 11.4 Å². The third-order valence-corrected chi connectivity index (χ3v) is 3.11. The van der Waals surface area contributed by atoms with Gasteiger partial charge in [-0.3, -0.25) is 4.40 Å². The van der Waals surface area contributed by atoms with E-state index in [0.717, 1.165) is 22.9 Å². The summed E-state index contributed by atoms with van der Waals surface area (Å²) in [6.07, 6.45) is 3.46. The van der Waals surface area contributed by atoms with Crippen molar-refractivity contribution in [1.29, 1.82) is 0 Å². The van der Waals surface area contributed by atoms with Gasteiger partial charge in [-0.2, -0.15) is 0 Å². The summed E-state index contributed by atoms with van der Waals surface area (Å²) in [6.45, 7) is 4.02. The smallest absolute Gasteiger partial charge is 0.214 e. The monoisotopic (exact) mass is 231 g/mol. The lowest BCUT2D eigenvalue weighted by Gasteiger charge is -1.98. The lowest BCUT2D eigenvalue weighted by atomic mass is 10.3. The first kappa shape index (κ1) is 9.95. The zero-order valence-electron chi connectivity index (χ0n) is 9.93. The molecular weight excluding hydrogens is 218 g/mol. The minimum atomic E-state index is 0.531. The van der Waals surface area contributed by atoms with Crippen LogP contribution in [-0.4, -0.2) is 19.1 Å². The Labute approximate surface area is 97.6 Å². The third kappa shape index (κ3) is 1.20. The second-order valence-corrected chi connectivity index (χ2v) is 4.14. The molecule has 0 spiro atoms. The number of nitrogen functional groups attached to an aromatic ring is 1. The minimum Gasteiger partial charge on any atom is -0.394 e. The Morgan fingerprint density at radius 3 is 2.71 bits per heavy atom. The van der Waals surface area contributed by atoms with Crippen LogP contribution in [0.2, 0.25) is 0 Å². The summed E-state index contributed by atoms with van der Waals surface area (Å²) >= 11 is 0. The quantitative estimate of drug-likeness (QED) is 0.689. The van der Waals surface area contributed by atoms with Gasteiger partial charge in [0.25, 0.3) is 0 Å². The van der Waals surface area contributed by atoms with Crippen LogP contribution >= 0.6 is 0 Å². The van der Waals surface area contributed by atoms with E-state index < -0.39 is 0 Å². The van der Waals surface area contributed by atoms with Crippen molar-refractivity contribution >= 4 is 11.5 Å². The summed E-state index contributed by atoms with van der Waals surface area (Å²) < 4.78 is 9.13. The Bertz CT molecular complexity index is 703. The molecule has 0 atom stereocenters. The molecule has 3 rings (SSSR count). The molecule has 0 aliphatic heterocycles. The first-order valence-corrected chi connectivity index (χ1v) is 5.31. The highest BCUT2D eigenvalue weighted by Gasteiger charge is 2.17. The van der Waals surface area contributed by atoms with Gasteiger partial charge in [-0.1, -0.05) is 5.16 Å². The normalized spacial score (nSPS) is 11.5. The number of aromatic nitrogens is 4. The number of anilines is 1. The first-order valence-electron chi connectivity index (χ1n) is 5.31. The van der Waals surface area contributed by atoms with Crippen LogP contribution in [0.4, 0.5) is 5.69 Å². The SMILES string of the molecule is Cc1nc2n(C)c(-c3oncc3N)cn2c1C. The molecule has 3 aromatic rings. The maximum atomic E-state index is 5.80. The molecule has 3 aromatic heterocycles. The van der Waals surface area contributed by atoms with E-state index in [9.17, 15) is 0 Å². The third-order valence-electron chi connectivity index (χ3n) is 3.11. The largest absolute Gasteiger partial charge is 0.394 e. The molecule has 3 heterocycles. The van der Waals surface area contributed by atoms with Crippen LogP contribution in [0.3, 0.4) is 0 Å². The fraction of sp³-hybridized carbons (Fsp3) is 0.273. The van der Waals surface area contributed by atoms with E-state index in [4.69, 9.17) is 10.3 Å². The van der Waals surface area contributed by atoms with Gasteiger partial charge in [0.2, 0.25) is 11.5 Å². The zero-order chi connectivity index (χ0) is 12.2. The highest BCUT2D eigenvalue weighted by molar-refractivity contribution is 5.69. The molecule has 0 fully saturated rings. The fourth-order valence-electron chi connectivity index (χ4n) is 1.97. The maximum Gasteiger partial charge on any atom is 0.214 e. The predicted molar refractivity (Wildman–Crippen MR) is 63.5 cm³/mol. The Kier molecular flexibility index (Phi) is 1.83. The van der Waals surface area contributed by atoms with Crippen molar-refractivity contribution in [2.24, 2.45) is 7.05 Å². The van der Waals surface area contributed by atoms with Gasteiger partial charge < -0.3 is 14.8 Å². The highest BCUT2D eigenvalue weighted by atomic mass is 16.5.